The van der Waals surface area contributed by atoms with Crippen LogP contribution < -0.4 is 0 Å². The van der Waals surface area contributed by atoms with E-state index in [2.05, 4.69) is 22.5 Å². The fourth-order valence-corrected chi connectivity index (χ4v) is 1.62. The molecule has 0 aliphatic carbocycles. The maximum Gasteiger partial charge on any atom is 0.253 e. The van der Waals surface area contributed by atoms with E-state index in [1.807, 2.05) is 31.2 Å². The van der Waals surface area contributed by atoms with Crippen molar-refractivity contribution in [2.75, 3.05) is 13.6 Å². The molecule has 0 aliphatic rings. The molecule has 0 saturated heterocycles. The topological polar surface area (TPSA) is 20.3 Å². The molecule has 0 aromatic heterocycles. The second-order valence-electron chi connectivity index (χ2n) is 3.54. The Balaban J connectivity index is 2.76. The number of aryl methyl sites for hydroxylation is 1. The van der Waals surface area contributed by atoms with Gasteiger partial charge in [-0.2, -0.15) is 0 Å². The zero-order valence-electron chi connectivity index (χ0n) is 8.96. The number of amides is 1. The van der Waals surface area contributed by atoms with E-state index in [-0.39, 0.29) is 5.91 Å². The minimum absolute atomic E-state index is 0.00981. The van der Waals surface area contributed by atoms with Crippen molar-refractivity contribution in [2.24, 2.45) is 0 Å². The summed E-state index contributed by atoms with van der Waals surface area (Å²) in [6, 6.07) is 7.55. The summed E-state index contributed by atoms with van der Waals surface area (Å²) in [6.45, 7) is 6.23. The van der Waals surface area contributed by atoms with Crippen LogP contribution in [0.15, 0.2) is 35.3 Å². The van der Waals surface area contributed by atoms with Crippen molar-refractivity contribution in [3.8, 4) is 0 Å². The van der Waals surface area contributed by atoms with Crippen LogP contribution in [0.5, 0.6) is 0 Å². The average Bonchev–Trinajstić information content (AvgIpc) is 2.17. The maximum absolute atomic E-state index is 11.9. The lowest BCUT2D eigenvalue weighted by atomic mass is 10.1. The number of rotatable bonds is 3. The fraction of sp³-hybridized carbons (Fsp3) is 0.250. The number of benzene rings is 1. The van der Waals surface area contributed by atoms with Gasteiger partial charge in [0.15, 0.2) is 0 Å². The summed E-state index contributed by atoms with van der Waals surface area (Å²) < 4.78 is 0.797. The maximum atomic E-state index is 11.9. The first-order valence-corrected chi connectivity index (χ1v) is 5.45. The number of halogens is 1. The summed E-state index contributed by atoms with van der Waals surface area (Å²) in [5, 5.41) is 0. The van der Waals surface area contributed by atoms with E-state index in [0.29, 0.717) is 12.1 Å². The summed E-state index contributed by atoms with van der Waals surface area (Å²) in [4.78, 5) is 13.5. The highest BCUT2D eigenvalue weighted by atomic mass is 79.9. The van der Waals surface area contributed by atoms with E-state index in [9.17, 15) is 4.79 Å². The molecule has 0 heterocycles. The summed E-state index contributed by atoms with van der Waals surface area (Å²) >= 11 is 3.24. The molecule has 1 amide bonds. The summed E-state index contributed by atoms with van der Waals surface area (Å²) in [6.07, 6.45) is 0. The quantitative estimate of drug-likeness (QED) is 0.825. The van der Waals surface area contributed by atoms with Crippen molar-refractivity contribution in [2.45, 2.75) is 6.92 Å². The van der Waals surface area contributed by atoms with E-state index in [4.69, 9.17) is 0 Å². The first-order valence-electron chi connectivity index (χ1n) is 4.66. The normalized spacial score (nSPS) is 9.80. The number of likely N-dealkylation sites (N-methyl/N-ethyl adjacent to an activating group) is 1. The largest absolute Gasteiger partial charge is 0.337 e. The number of hydrogen-bond donors (Lipinski definition) is 0. The monoisotopic (exact) mass is 267 g/mol. The molecule has 0 unspecified atom stereocenters. The highest BCUT2D eigenvalue weighted by molar-refractivity contribution is 9.11. The van der Waals surface area contributed by atoms with E-state index in [1.54, 1.807) is 11.9 Å². The molecule has 1 aromatic rings. The van der Waals surface area contributed by atoms with Crippen LogP contribution in [0.2, 0.25) is 0 Å². The highest BCUT2D eigenvalue weighted by Crippen LogP contribution is 2.09. The zero-order valence-corrected chi connectivity index (χ0v) is 10.5. The Morgan fingerprint density at radius 3 is 2.40 bits per heavy atom. The minimum Gasteiger partial charge on any atom is -0.337 e. The van der Waals surface area contributed by atoms with Gasteiger partial charge in [-0.05, 0) is 19.1 Å². The van der Waals surface area contributed by atoms with Crippen LogP contribution in [0, 0.1) is 6.92 Å². The van der Waals surface area contributed by atoms with Gasteiger partial charge in [0.1, 0.15) is 0 Å². The smallest absolute Gasteiger partial charge is 0.253 e. The predicted octanol–water partition coefficient (Wildman–Crippen LogP) is 2.98. The third-order valence-electron chi connectivity index (χ3n) is 2.05. The van der Waals surface area contributed by atoms with Crippen molar-refractivity contribution in [3.05, 3.63) is 46.5 Å². The number of carbonyl (C=O) groups excluding carboxylic acids is 1. The van der Waals surface area contributed by atoms with Gasteiger partial charge in [-0.1, -0.05) is 40.2 Å². The second-order valence-corrected chi connectivity index (χ2v) is 4.67. The van der Waals surface area contributed by atoms with E-state index < -0.39 is 0 Å². The van der Waals surface area contributed by atoms with Crippen LogP contribution in [0.3, 0.4) is 0 Å². The lowest BCUT2D eigenvalue weighted by Gasteiger charge is -2.16. The molecule has 0 radical (unpaired) electrons. The third kappa shape index (κ3) is 3.51. The SMILES string of the molecule is C=C(Br)CN(C)C(=O)c1ccc(C)cc1. The average molecular weight is 268 g/mol. The Kier molecular flexibility index (Phi) is 4.09. The van der Waals surface area contributed by atoms with Crippen LogP contribution in [-0.2, 0) is 0 Å². The van der Waals surface area contributed by atoms with Gasteiger partial charge < -0.3 is 4.90 Å². The lowest BCUT2D eigenvalue weighted by Crippen LogP contribution is -2.27. The lowest BCUT2D eigenvalue weighted by molar-refractivity contribution is 0.0809. The van der Waals surface area contributed by atoms with Crippen molar-refractivity contribution >= 4 is 21.8 Å². The predicted molar refractivity (Wildman–Crippen MR) is 66.2 cm³/mol. The first kappa shape index (κ1) is 12.0. The van der Waals surface area contributed by atoms with Crippen LogP contribution in [0.1, 0.15) is 15.9 Å². The highest BCUT2D eigenvalue weighted by Gasteiger charge is 2.10. The molecule has 0 N–H and O–H groups in total. The molecule has 0 atom stereocenters. The molecule has 0 aliphatic heterocycles. The van der Waals surface area contributed by atoms with Crippen LogP contribution in [0.4, 0.5) is 0 Å². The number of carbonyl (C=O) groups is 1. The van der Waals surface area contributed by atoms with E-state index >= 15 is 0 Å². The fourth-order valence-electron chi connectivity index (χ4n) is 1.25. The Hall–Kier alpha value is -1.09. The van der Waals surface area contributed by atoms with Gasteiger partial charge in [0.2, 0.25) is 0 Å². The molecular formula is C12H14BrNO. The molecule has 0 bridgehead atoms. The Bertz CT molecular complexity index is 370. The van der Waals surface area contributed by atoms with Gasteiger partial charge in [0.05, 0.1) is 6.54 Å². The number of hydrogen-bond acceptors (Lipinski definition) is 1. The van der Waals surface area contributed by atoms with Crippen LogP contribution in [0.25, 0.3) is 0 Å². The molecule has 2 nitrogen and oxygen atoms in total. The molecule has 1 aromatic carbocycles. The molecule has 0 saturated carbocycles. The minimum atomic E-state index is 0.00981. The molecule has 3 heteroatoms. The molecular weight excluding hydrogens is 254 g/mol. The molecule has 15 heavy (non-hydrogen) atoms. The summed E-state index contributed by atoms with van der Waals surface area (Å²) in [5.41, 5.74) is 1.86. The van der Waals surface area contributed by atoms with Crippen LogP contribution in [-0.4, -0.2) is 24.4 Å². The standard InChI is InChI=1S/C12H14BrNO/c1-9-4-6-11(7-5-9)12(15)14(3)8-10(2)13/h4-7H,2,8H2,1,3H3. The zero-order chi connectivity index (χ0) is 11.4. The van der Waals surface area contributed by atoms with Crippen molar-refractivity contribution in [1.82, 2.24) is 4.90 Å². The van der Waals surface area contributed by atoms with Crippen molar-refractivity contribution < 1.29 is 4.79 Å². The Labute approximate surface area is 98.7 Å². The van der Waals surface area contributed by atoms with Gasteiger partial charge in [-0.3, -0.25) is 4.79 Å². The molecule has 80 valence electrons. The molecule has 1 rings (SSSR count). The molecule has 0 fully saturated rings. The van der Waals surface area contributed by atoms with Gasteiger partial charge in [-0.25, -0.2) is 0 Å². The van der Waals surface area contributed by atoms with E-state index in [0.717, 1.165) is 10.0 Å². The Morgan fingerprint density at radius 1 is 1.40 bits per heavy atom. The second kappa shape index (κ2) is 5.12. The van der Waals surface area contributed by atoms with Gasteiger partial charge >= 0.3 is 0 Å². The summed E-state index contributed by atoms with van der Waals surface area (Å²) in [7, 11) is 1.76. The summed E-state index contributed by atoms with van der Waals surface area (Å²) in [5.74, 6) is 0.00981. The van der Waals surface area contributed by atoms with Gasteiger partial charge in [-0.15, -0.1) is 0 Å². The van der Waals surface area contributed by atoms with Crippen LogP contribution >= 0.6 is 15.9 Å². The number of nitrogens with zero attached hydrogens (tertiary/aromatic N) is 1. The Morgan fingerprint density at radius 2 is 1.93 bits per heavy atom. The third-order valence-corrected chi connectivity index (χ3v) is 2.30. The van der Waals surface area contributed by atoms with Crippen molar-refractivity contribution in [1.29, 1.82) is 0 Å². The van der Waals surface area contributed by atoms with Gasteiger partial charge in [0.25, 0.3) is 5.91 Å². The van der Waals surface area contributed by atoms with Crippen molar-refractivity contribution in [3.63, 3.8) is 0 Å². The molecule has 0 spiro atoms. The van der Waals surface area contributed by atoms with E-state index in [1.165, 1.54) is 0 Å². The van der Waals surface area contributed by atoms with Gasteiger partial charge in [0, 0.05) is 17.1 Å². The first-order chi connectivity index (χ1) is 7.00.